The number of hydrogen-bond acceptors (Lipinski definition) is 3. The van der Waals surface area contributed by atoms with Gasteiger partial charge in [0.05, 0.1) is 6.10 Å². The van der Waals surface area contributed by atoms with Crippen molar-refractivity contribution in [3.63, 3.8) is 0 Å². The molecule has 1 aromatic rings. The highest BCUT2D eigenvalue weighted by Crippen LogP contribution is 2.41. The summed E-state index contributed by atoms with van der Waals surface area (Å²) in [7, 11) is 0. The second kappa shape index (κ2) is 6.41. The number of nitrogens with zero attached hydrogens (tertiary/aromatic N) is 1. The highest BCUT2D eigenvalue weighted by Gasteiger charge is 2.25. The molecule has 0 saturated heterocycles. The van der Waals surface area contributed by atoms with E-state index >= 15 is 0 Å². The van der Waals surface area contributed by atoms with E-state index in [4.69, 9.17) is 0 Å². The highest BCUT2D eigenvalue weighted by molar-refractivity contribution is 5.86. The SMILES string of the molecule is CC(CC(C)O)=Nc1cc(C(C)(C)C)cc(C(C)(C)C)c1O. The maximum Gasteiger partial charge on any atom is 0.144 e. The van der Waals surface area contributed by atoms with Gasteiger partial charge in [-0.25, -0.2) is 0 Å². The minimum absolute atomic E-state index is 0.0177. The summed E-state index contributed by atoms with van der Waals surface area (Å²) in [5.41, 5.74) is 3.29. The number of aliphatic hydroxyl groups is 1. The Kier molecular flexibility index (Phi) is 5.45. The molecule has 3 nitrogen and oxygen atoms in total. The molecule has 1 aromatic carbocycles. The quantitative estimate of drug-likeness (QED) is 0.784. The highest BCUT2D eigenvalue weighted by atomic mass is 16.3. The van der Waals surface area contributed by atoms with Crippen LogP contribution in [-0.2, 0) is 10.8 Å². The van der Waals surface area contributed by atoms with E-state index in [-0.39, 0.29) is 16.6 Å². The molecule has 1 atom stereocenters. The van der Waals surface area contributed by atoms with Gasteiger partial charge in [0.2, 0.25) is 0 Å². The summed E-state index contributed by atoms with van der Waals surface area (Å²) in [4.78, 5) is 4.55. The second-order valence-electron chi connectivity index (χ2n) is 8.29. The number of rotatable bonds is 3. The van der Waals surface area contributed by atoms with Gasteiger partial charge < -0.3 is 10.2 Å². The van der Waals surface area contributed by atoms with Gasteiger partial charge in [0.15, 0.2) is 0 Å². The fourth-order valence-electron chi connectivity index (χ4n) is 2.39. The van der Waals surface area contributed by atoms with Gasteiger partial charge in [-0.05, 0) is 36.3 Å². The molecule has 3 heteroatoms. The molecule has 1 unspecified atom stereocenters. The Morgan fingerprint density at radius 2 is 1.64 bits per heavy atom. The Bertz CT molecular complexity index is 558. The Morgan fingerprint density at radius 3 is 2.05 bits per heavy atom. The first-order valence-electron chi connectivity index (χ1n) is 7.92. The van der Waals surface area contributed by atoms with Crippen LogP contribution >= 0.6 is 0 Å². The maximum atomic E-state index is 10.6. The van der Waals surface area contributed by atoms with Crippen LogP contribution in [0.1, 0.15) is 72.9 Å². The monoisotopic (exact) mass is 305 g/mol. The van der Waals surface area contributed by atoms with Gasteiger partial charge in [-0.2, -0.15) is 0 Å². The van der Waals surface area contributed by atoms with Crippen molar-refractivity contribution >= 4 is 11.4 Å². The molecule has 0 heterocycles. The van der Waals surface area contributed by atoms with E-state index in [1.807, 2.05) is 13.0 Å². The molecule has 22 heavy (non-hydrogen) atoms. The molecular formula is C19H31NO2. The van der Waals surface area contributed by atoms with Crippen molar-refractivity contribution in [3.8, 4) is 5.75 Å². The molecule has 2 N–H and O–H groups in total. The molecule has 0 spiro atoms. The van der Waals surface area contributed by atoms with Crippen LogP contribution < -0.4 is 0 Å². The van der Waals surface area contributed by atoms with E-state index in [2.05, 4.69) is 52.6 Å². The summed E-state index contributed by atoms with van der Waals surface area (Å²) in [5.74, 6) is 0.241. The molecule has 0 saturated carbocycles. The van der Waals surface area contributed by atoms with Crippen molar-refractivity contribution in [2.75, 3.05) is 0 Å². The minimum atomic E-state index is -0.432. The molecule has 0 fully saturated rings. The van der Waals surface area contributed by atoms with Crippen LogP contribution in [0.5, 0.6) is 5.75 Å². The molecule has 124 valence electrons. The number of aromatic hydroxyl groups is 1. The van der Waals surface area contributed by atoms with Crippen molar-refractivity contribution in [2.24, 2.45) is 4.99 Å². The first-order valence-corrected chi connectivity index (χ1v) is 7.92. The van der Waals surface area contributed by atoms with Crippen LogP contribution in [0.2, 0.25) is 0 Å². The van der Waals surface area contributed by atoms with Crippen molar-refractivity contribution in [3.05, 3.63) is 23.3 Å². The number of phenols is 1. The molecular weight excluding hydrogens is 274 g/mol. The molecule has 0 radical (unpaired) electrons. The van der Waals surface area contributed by atoms with Gasteiger partial charge in [0.1, 0.15) is 11.4 Å². The summed E-state index contributed by atoms with van der Waals surface area (Å²) in [5, 5.41) is 20.1. The smallest absolute Gasteiger partial charge is 0.144 e. The molecule has 1 rings (SSSR count). The van der Waals surface area contributed by atoms with Gasteiger partial charge in [-0.3, -0.25) is 4.99 Å². The summed E-state index contributed by atoms with van der Waals surface area (Å²) in [6.45, 7) is 16.4. The van der Waals surface area contributed by atoms with Crippen LogP contribution in [0, 0.1) is 0 Å². The Morgan fingerprint density at radius 1 is 1.09 bits per heavy atom. The lowest BCUT2D eigenvalue weighted by atomic mass is 9.80. The summed E-state index contributed by atoms with van der Waals surface area (Å²) >= 11 is 0. The van der Waals surface area contributed by atoms with E-state index in [1.54, 1.807) is 6.92 Å². The lowest BCUT2D eigenvalue weighted by Gasteiger charge is -2.26. The third-order valence-electron chi connectivity index (χ3n) is 3.67. The zero-order valence-corrected chi connectivity index (χ0v) is 15.3. The fourth-order valence-corrected chi connectivity index (χ4v) is 2.39. The van der Waals surface area contributed by atoms with Crippen LogP contribution in [0.25, 0.3) is 0 Å². The van der Waals surface area contributed by atoms with Crippen molar-refractivity contribution in [1.29, 1.82) is 0 Å². The number of hydrogen-bond donors (Lipinski definition) is 2. The van der Waals surface area contributed by atoms with Crippen molar-refractivity contribution < 1.29 is 10.2 Å². The van der Waals surface area contributed by atoms with Crippen molar-refractivity contribution in [2.45, 2.75) is 78.7 Å². The van der Waals surface area contributed by atoms with Gasteiger partial charge in [-0.1, -0.05) is 47.6 Å². The van der Waals surface area contributed by atoms with Gasteiger partial charge in [0.25, 0.3) is 0 Å². The van der Waals surface area contributed by atoms with Crippen LogP contribution in [-0.4, -0.2) is 22.0 Å². The predicted octanol–water partition coefficient (Wildman–Crippen LogP) is 4.85. The normalized spacial score (nSPS) is 15.0. The Hall–Kier alpha value is -1.35. The number of aliphatic imine (C=N–C) groups is 1. The summed E-state index contributed by atoms with van der Waals surface area (Å²) in [6.07, 6.45) is 0.0723. The van der Waals surface area contributed by atoms with E-state index in [0.29, 0.717) is 12.1 Å². The zero-order chi connectivity index (χ0) is 17.3. The number of benzene rings is 1. The Labute approximate surface area is 135 Å². The van der Waals surface area contributed by atoms with Crippen LogP contribution in [0.4, 0.5) is 5.69 Å². The van der Waals surface area contributed by atoms with Crippen LogP contribution in [0.15, 0.2) is 17.1 Å². The average molecular weight is 305 g/mol. The largest absolute Gasteiger partial charge is 0.505 e. The molecule has 0 aliphatic carbocycles. The van der Waals surface area contributed by atoms with Gasteiger partial charge in [-0.15, -0.1) is 0 Å². The standard InChI is InChI=1S/C19H31NO2/c1-12(9-13(2)21)20-16-11-14(18(3,4)5)10-15(17(16)22)19(6,7)8/h10-11,13,21-22H,9H2,1-8H3. The third-order valence-corrected chi connectivity index (χ3v) is 3.67. The lowest BCUT2D eigenvalue weighted by molar-refractivity contribution is 0.203. The average Bonchev–Trinajstić information content (AvgIpc) is 2.27. The maximum absolute atomic E-state index is 10.6. The minimum Gasteiger partial charge on any atom is -0.505 e. The second-order valence-corrected chi connectivity index (χ2v) is 8.29. The summed E-state index contributed by atoms with van der Waals surface area (Å²) < 4.78 is 0. The molecule has 0 aliphatic rings. The first-order chi connectivity index (χ1) is 9.82. The van der Waals surface area contributed by atoms with Gasteiger partial charge >= 0.3 is 0 Å². The molecule has 0 aromatic heterocycles. The molecule has 0 aliphatic heterocycles. The van der Waals surface area contributed by atoms with Crippen LogP contribution in [0.3, 0.4) is 0 Å². The fraction of sp³-hybridized carbons (Fsp3) is 0.632. The van der Waals surface area contributed by atoms with E-state index in [9.17, 15) is 10.2 Å². The zero-order valence-electron chi connectivity index (χ0n) is 15.3. The molecule has 0 bridgehead atoms. The van der Waals surface area contributed by atoms with Crippen molar-refractivity contribution in [1.82, 2.24) is 0 Å². The van der Waals surface area contributed by atoms with E-state index < -0.39 is 6.10 Å². The van der Waals surface area contributed by atoms with E-state index in [1.165, 1.54) is 0 Å². The number of phenolic OH excluding ortho intramolecular Hbond substituents is 1. The summed E-state index contributed by atoms with van der Waals surface area (Å²) in [6, 6.07) is 4.04. The number of aliphatic hydroxyl groups excluding tert-OH is 1. The predicted molar refractivity (Wildman–Crippen MR) is 94.6 cm³/mol. The lowest BCUT2D eigenvalue weighted by Crippen LogP contribution is -2.16. The topological polar surface area (TPSA) is 52.8 Å². The van der Waals surface area contributed by atoms with Gasteiger partial charge in [0, 0.05) is 17.7 Å². The van der Waals surface area contributed by atoms with E-state index in [0.717, 1.165) is 16.8 Å². The Balaban J connectivity index is 3.50. The third kappa shape index (κ3) is 4.84. The molecule has 0 amide bonds. The first kappa shape index (κ1) is 18.7.